The summed E-state index contributed by atoms with van der Waals surface area (Å²) in [6.07, 6.45) is 5.76. The minimum atomic E-state index is 0.226. The quantitative estimate of drug-likeness (QED) is 0.697. The maximum atomic E-state index is 5.39. The van der Waals surface area contributed by atoms with Crippen molar-refractivity contribution in [1.82, 2.24) is 9.97 Å². The van der Waals surface area contributed by atoms with Gasteiger partial charge in [0.1, 0.15) is 6.61 Å². The highest BCUT2D eigenvalue weighted by Crippen LogP contribution is 2.12. The minimum Gasteiger partial charge on any atom is -0.461 e. The highest BCUT2D eigenvalue weighted by Gasteiger charge is 2.16. The Bertz CT molecular complexity index is 247. The normalized spacial score (nSPS) is 21.7. The molecule has 4 nitrogen and oxygen atoms in total. The van der Waals surface area contributed by atoms with Gasteiger partial charge in [-0.05, 0) is 18.9 Å². The van der Waals surface area contributed by atoms with Gasteiger partial charge in [-0.25, -0.2) is 9.97 Å². The summed E-state index contributed by atoms with van der Waals surface area (Å²) in [4.78, 5) is 7.90. The van der Waals surface area contributed by atoms with Crippen molar-refractivity contribution in [2.24, 2.45) is 0 Å². The predicted octanol–water partition coefficient (Wildman–Crippen LogP) is 1.03. The van der Waals surface area contributed by atoms with E-state index >= 15 is 0 Å². The fraction of sp³-hybridized carbons (Fsp3) is 0.556. The van der Waals surface area contributed by atoms with Crippen LogP contribution in [0.4, 0.5) is 0 Å². The van der Waals surface area contributed by atoms with Gasteiger partial charge in [0.15, 0.2) is 0 Å². The topological polar surface area (TPSA) is 44.2 Å². The van der Waals surface area contributed by atoms with Crippen LogP contribution in [0, 0.1) is 0 Å². The van der Waals surface area contributed by atoms with E-state index in [2.05, 4.69) is 9.97 Å². The average molecular weight is 180 g/mol. The standard InChI is InChI=1S/C9H12N2O2/c1-3-8(12-6-1)7-13-9-10-4-2-5-11-9/h2,4-5,8H,1,3,6-7H2. The minimum absolute atomic E-state index is 0.226. The number of aromatic nitrogens is 2. The number of rotatable bonds is 3. The van der Waals surface area contributed by atoms with Crippen LogP contribution in [0.5, 0.6) is 6.01 Å². The molecule has 1 aromatic heterocycles. The molecule has 1 unspecified atom stereocenters. The lowest BCUT2D eigenvalue weighted by atomic mass is 10.2. The zero-order valence-corrected chi connectivity index (χ0v) is 7.35. The first kappa shape index (κ1) is 8.44. The number of hydrogen-bond acceptors (Lipinski definition) is 4. The molecule has 0 spiro atoms. The smallest absolute Gasteiger partial charge is 0.316 e. The van der Waals surface area contributed by atoms with E-state index in [0.29, 0.717) is 12.6 Å². The molecular weight excluding hydrogens is 168 g/mol. The van der Waals surface area contributed by atoms with Gasteiger partial charge in [0.2, 0.25) is 0 Å². The molecule has 4 heteroatoms. The molecule has 70 valence electrons. The molecule has 0 bridgehead atoms. The highest BCUT2D eigenvalue weighted by molar-refractivity contribution is 4.93. The SMILES string of the molecule is c1cnc(OCC2CCCO2)nc1. The summed E-state index contributed by atoms with van der Waals surface area (Å²) in [5.41, 5.74) is 0. The van der Waals surface area contributed by atoms with Crippen LogP contribution in [-0.4, -0.2) is 29.3 Å². The molecule has 2 rings (SSSR count). The van der Waals surface area contributed by atoms with E-state index in [-0.39, 0.29) is 6.10 Å². The van der Waals surface area contributed by atoms with Crippen LogP contribution in [0.25, 0.3) is 0 Å². The van der Waals surface area contributed by atoms with E-state index in [1.807, 2.05) is 0 Å². The second kappa shape index (κ2) is 4.18. The Balaban J connectivity index is 1.79. The first-order chi connectivity index (χ1) is 6.45. The van der Waals surface area contributed by atoms with Gasteiger partial charge in [-0.15, -0.1) is 0 Å². The molecule has 13 heavy (non-hydrogen) atoms. The second-order valence-electron chi connectivity index (χ2n) is 2.98. The van der Waals surface area contributed by atoms with Gasteiger partial charge in [0.05, 0.1) is 6.10 Å². The Kier molecular flexibility index (Phi) is 2.72. The van der Waals surface area contributed by atoms with Crippen LogP contribution in [0.3, 0.4) is 0 Å². The molecule has 1 fully saturated rings. The first-order valence-electron chi connectivity index (χ1n) is 4.46. The number of ether oxygens (including phenoxy) is 2. The maximum Gasteiger partial charge on any atom is 0.316 e. The summed E-state index contributed by atoms with van der Waals surface area (Å²) in [5, 5.41) is 0. The van der Waals surface area contributed by atoms with Gasteiger partial charge in [0, 0.05) is 19.0 Å². The lowest BCUT2D eigenvalue weighted by Gasteiger charge is -2.08. The van der Waals surface area contributed by atoms with Crippen LogP contribution in [0.1, 0.15) is 12.8 Å². The summed E-state index contributed by atoms with van der Waals surface area (Å²) in [6.45, 7) is 1.41. The van der Waals surface area contributed by atoms with Crippen LogP contribution in [0.2, 0.25) is 0 Å². The molecule has 1 aliphatic rings. The predicted molar refractivity (Wildman–Crippen MR) is 46.5 cm³/mol. The maximum absolute atomic E-state index is 5.39. The number of nitrogens with zero attached hydrogens (tertiary/aromatic N) is 2. The summed E-state index contributed by atoms with van der Waals surface area (Å²) in [6, 6.07) is 2.19. The van der Waals surface area contributed by atoms with E-state index in [9.17, 15) is 0 Å². The molecule has 1 aromatic rings. The van der Waals surface area contributed by atoms with Crippen molar-refractivity contribution < 1.29 is 9.47 Å². The zero-order valence-electron chi connectivity index (χ0n) is 7.35. The van der Waals surface area contributed by atoms with Crippen LogP contribution in [-0.2, 0) is 4.74 Å². The van der Waals surface area contributed by atoms with E-state index in [1.165, 1.54) is 0 Å². The summed E-state index contributed by atoms with van der Waals surface area (Å²) in [5.74, 6) is 0. The molecule has 0 aliphatic carbocycles. The molecule has 1 aliphatic heterocycles. The average Bonchev–Trinajstić information content (AvgIpc) is 2.69. The summed E-state index contributed by atoms with van der Waals surface area (Å²) >= 11 is 0. The van der Waals surface area contributed by atoms with Crippen LogP contribution < -0.4 is 4.74 Å². The Labute approximate surface area is 76.9 Å². The molecule has 0 N–H and O–H groups in total. The van der Waals surface area contributed by atoms with E-state index in [4.69, 9.17) is 9.47 Å². The molecule has 1 atom stereocenters. The van der Waals surface area contributed by atoms with Crippen molar-refractivity contribution in [3.05, 3.63) is 18.5 Å². The Morgan fingerprint density at radius 1 is 1.46 bits per heavy atom. The molecule has 2 heterocycles. The summed E-state index contributed by atoms with van der Waals surface area (Å²) in [7, 11) is 0. The first-order valence-corrected chi connectivity index (χ1v) is 4.46. The van der Waals surface area contributed by atoms with Crippen molar-refractivity contribution in [3.63, 3.8) is 0 Å². The largest absolute Gasteiger partial charge is 0.461 e. The third kappa shape index (κ3) is 2.39. The molecule has 1 saturated heterocycles. The third-order valence-electron chi connectivity index (χ3n) is 1.96. The van der Waals surface area contributed by atoms with Crippen molar-refractivity contribution in [3.8, 4) is 6.01 Å². The Hall–Kier alpha value is -1.16. The van der Waals surface area contributed by atoms with E-state index in [1.54, 1.807) is 18.5 Å². The summed E-state index contributed by atoms with van der Waals surface area (Å²) < 4.78 is 10.7. The van der Waals surface area contributed by atoms with Crippen molar-refractivity contribution in [2.45, 2.75) is 18.9 Å². The molecule has 0 aromatic carbocycles. The molecule has 0 saturated carbocycles. The molecular formula is C9H12N2O2. The van der Waals surface area contributed by atoms with E-state index < -0.39 is 0 Å². The zero-order chi connectivity index (χ0) is 8.93. The fourth-order valence-corrected chi connectivity index (χ4v) is 1.30. The van der Waals surface area contributed by atoms with Gasteiger partial charge >= 0.3 is 6.01 Å². The van der Waals surface area contributed by atoms with Gasteiger partial charge in [-0.1, -0.05) is 0 Å². The highest BCUT2D eigenvalue weighted by atomic mass is 16.5. The Morgan fingerprint density at radius 2 is 2.31 bits per heavy atom. The van der Waals surface area contributed by atoms with Crippen molar-refractivity contribution in [1.29, 1.82) is 0 Å². The molecule has 0 radical (unpaired) electrons. The van der Waals surface area contributed by atoms with Gasteiger partial charge in [-0.3, -0.25) is 0 Å². The Morgan fingerprint density at radius 3 is 3.00 bits per heavy atom. The third-order valence-corrected chi connectivity index (χ3v) is 1.96. The molecule has 0 amide bonds. The van der Waals surface area contributed by atoms with Crippen LogP contribution in [0.15, 0.2) is 18.5 Å². The lowest BCUT2D eigenvalue weighted by Crippen LogP contribution is -2.17. The van der Waals surface area contributed by atoms with Gasteiger partial charge in [0.25, 0.3) is 0 Å². The lowest BCUT2D eigenvalue weighted by molar-refractivity contribution is 0.0645. The fourth-order valence-electron chi connectivity index (χ4n) is 1.30. The monoisotopic (exact) mass is 180 g/mol. The number of hydrogen-bond donors (Lipinski definition) is 0. The van der Waals surface area contributed by atoms with Crippen molar-refractivity contribution >= 4 is 0 Å². The van der Waals surface area contributed by atoms with Crippen LogP contribution >= 0.6 is 0 Å². The van der Waals surface area contributed by atoms with Crippen molar-refractivity contribution in [2.75, 3.05) is 13.2 Å². The second-order valence-corrected chi connectivity index (χ2v) is 2.98. The van der Waals surface area contributed by atoms with Gasteiger partial charge < -0.3 is 9.47 Å². The van der Waals surface area contributed by atoms with E-state index in [0.717, 1.165) is 19.4 Å². The van der Waals surface area contributed by atoms with Gasteiger partial charge in [-0.2, -0.15) is 0 Å².